The molecule has 0 aromatic heterocycles. The van der Waals surface area contributed by atoms with Gasteiger partial charge in [-0.1, -0.05) is 18.7 Å². The van der Waals surface area contributed by atoms with Crippen LogP contribution in [0, 0.1) is 5.92 Å². The van der Waals surface area contributed by atoms with Gasteiger partial charge in [-0.2, -0.15) is 0 Å². The van der Waals surface area contributed by atoms with Crippen molar-refractivity contribution in [3.05, 3.63) is 0 Å². The van der Waals surface area contributed by atoms with Crippen LogP contribution in [0.4, 0.5) is 0 Å². The highest BCUT2D eigenvalue weighted by Gasteiger charge is 2.35. The summed E-state index contributed by atoms with van der Waals surface area (Å²) >= 11 is 1.98. The molecule has 0 bridgehead atoms. The summed E-state index contributed by atoms with van der Waals surface area (Å²) in [5.74, 6) is 0.974. The molecule has 1 unspecified atom stereocenters. The van der Waals surface area contributed by atoms with Crippen molar-refractivity contribution in [3.63, 3.8) is 0 Å². The molecule has 1 N–H and O–H groups in total. The Hall–Kier alpha value is -0.220. The lowest BCUT2D eigenvalue weighted by Crippen LogP contribution is -2.35. The standard InChI is InChI=1S/C13H23N3S/c1-2-16(11-5-6-11)8-7-14-13-15-9-12(17-13)10-3-4-10/h10-12H,2-9H2,1H3,(H,14,15). The summed E-state index contributed by atoms with van der Waals surface area (Å²) in [6.45, 7) is 6.75. The van der Waals surface area contributed by atoms with Crippen molar-refractivity contribution in [3.8, 4) is 0 Å². The second-order valence-electron chi connectivity index (χ2n) is 5.43. The maximum atomic E-state index is 4.61. The van der Waals surface area contributed by atoms with E-state index in [-0.39, 0.29) is 0 Å². The van der Waals surface area contributed by atoms with E-state index in [0.29, 0.717) is 0 Å². The molecule has 0 saturated heterocycles. The molecular formula is C13H23N3S. The molecule has 1 atom stereocenters. The van der Waals surface area contributed by atoms with E-state index in [1.54, 1.807) is 0 Å². The molecule has 0 aromatic rings. The van der Waals surface area contributed by atoms with Gasteiger partial charge in [0.05, 0.1) is 6.54 Å². The van der Waals surface area contributed by atoms with E-state index in [1.165, 1.54) is 43.9 Å². The average molecular weight is 253 g/mol. The Morgan fingerprint density at radius 1 is 1.35 bits per heavy atom. The fourth-order valence-electron chi connectivity index (χ4n) is 2.55. The van der Waals surface area contributed by atoms with Gasteiger partial charge in [-0.25, -0.2) is 0 Å². The number of nitrogens with zero attached hydrogens (tertiary/aromatic N) is 2. The number of hydrogen-bond donors (Lipinski definition) is 1. The van der Waals surface area contributed by atoms with E-state index in [9.17, 15) is 0 Å². The zero-order valence-corrected chi connectivity index (χ0v) is 11.5. The minimum atomic E-state index is 0.795. The molecule has 2 aliphatic carbocycles. The quantitative estimate of drug-likeness (QED) is 0.784. The van der Waals surface area contributed by atoms with Crippen molar-refractivity contribution >= 4 is 16.9 Å². The van der Waals surface area contributed by atoms with Crippen LogP contribution in [0.1, 0.15) is 32.6 Å². The molecule has 1 heterocycles. The lowest BCUT2D eigenvalue weighted by molar-refractivity contribution is 0.282. The smallest absolute Gasteiger partial charge is 0.156 e. The minimum absolute atomic E-state index is 0.795. The molecule has 0 amide bonds. The van der Waals surface area contributed by atoms with Crippen LogP contribution >= 0.6 is 11.8 Å². The van der Waals surface area contributed by atoms with Gasteiger partial charge in [-0.05, 0) is 38.1 Å². The van der Waals surface area contributed by atoms with E-state index >= 15 is 0 Å². The summed E-state index contributed by atoms with van der Waals surface area (Å²) in [4.78, 5) is 7.20. The molecule has 96 valence electrons. The predicted molar refractivity (Wildman–Crippen MR) is 74.7 cm³/mol. The molecule has 3 nitrogen and oxygen atoms in total. The normalized spacial score (nSPS) is 28.6. The van der Waals surface area contributed by atoms with E-state index < -0.39 is 0 Å². The summed E-state index contributed by atoms with van der Waals surface area (Å²) in [6.07, 6.45) is 5.69. The molecule has 0 radical (unpaired) electrons. The monoisotopic (exact) mass is 253 g/mol. The van der Waals surface area contributed by atoms with Gasteiger partial charge in [-0.3, -0.25) is 9.89 Å². The Bertz CT molecular complexity index is 297. The highest BCUT2D eigenvalue weighted by molar-refractivity contribution is 8.14. The molecule has 0 aromatic carbocycles. The topological polar surface area (TPSA) is 27.6 Å². The Labute approximate surface area is 108 Å². The number of amidine groups is 1. The van der Waals surface area contributed by atoms with E-state index in [4.69, 9.17) is 0 Å². The average Bonchev–Trinajstić information content (AvgIpc) is 3.24. The summed E-state index contributed by atoms with van der Waals surface area (Å²) in [7, 11) is 0. The summed E-state index contributed by atoms with van der Waals surface area (Å²) < 4.78 is 0. The van der Waals surface area contributed by atoms with Crippen LogP contribution in [0.2, 0.25) is 0 Å². The van der Waals surface area contributed by atoms with Crippen molar-refractivity contribution in [1.82, 2.24) is 10.2 Å². The third-order valence-corrected chi connectivity index (χ3v) is 5.30. The SMILES string of the molecule is CCN(CCNC1=NCC(C2CC2)S1)C1CC1. The Balaban J connectivity index is 1.34. The maximum absolute atomic E-state index is 4.61. The van der Waals surface area contributed by atoms with Gasteiger partial charge >= 0.3 is 0 Å². The van der Waals surface area contributed by atoms with Gasteiger partial charge in [0.1, 0.15) is 0 Å². The van der Waals surface area contributed by atoms with Gasteiger partial charge in [0, 0.05) is 24.4 Å². The number of aliphatic imine (C=N–C) groups is 1. The number of nitrogens with one attached hydrogen (secondary N) is 1. The van der Waals surface area contributed by atoms with E-state index in [1.807, 2.05) is 11.8 Å². The number of thioether (sulfide) groups is 1. The highest BCUT2D eigenvalue weighted by Crippen LogP contribution is 2.41. The number of likely N-dealkylation sites (N-methyl/N-ethyl adjacent to an activating group) is 1. The highest BCUT2D eigenvalue weighted by atomic mass is 32.2. The Morgan fingerprint density at radius 3 is 2.82 bits per heavy atom. The molecule has 0 spiro atoms. The fourth-order valence-corrected chi connectivity index (χ4v) is 3.78. The fraction of sp³-hybridized carbons (Fsp3) is 0.923. The summed E-state index contributed by atoms with van der Waals surface area (Å²) in [5, 5.41) is 5.51. The van der Waals surface area contributed by atoms with Gasteiger partial charge in [0.25, 0.3) is 0 Å². The Morgan fingerprint density at radius 2 is 2.18 bits per heavy atom. The van der Waals surface area contributed by atoms with Gasteiger partial charge in [0.15, 0.2) is 5.17 Å². The first-order chi connectivity index (χ1) is 8.36. The lowest BCUT2D eigenvalue weighted by Gasteiger charge is -2.20. The van der Waals surface area contributed by atoms with Crippen molar-refractivity contribution < 1.29 is 0 Å². The van der Waals surface area contributed by atoms with Crippen LogP contribution in [0.3, 0.4) is 0 Å². The first-order valence-electron chi connectivity index (χ1n) is 7.06. The van der Waals surface area contributed by atoms with E-state index in [2.05, 4.69) is 22.1 Å². The summed E-state index contributed by atoms with van der Waals surface area (Å²) in [6, 6.07) is 0.888. The largest absolute Gasteiger partial charge is 0.364 e. The predicted octanol–water partition coefficient (Wildman–Crippen LogP) is 1.94. The zero-order valence-electron chi connectivity index (χ0n) is 10.7. The molecule has 2 fully saturated rings. The van der Waals surface area contributed by atoms with Crippen LogP contribution in [-0.2, 0) is 0 Å². The van der Waals surface area contributed by atoms with Gasteiger partial charge in [-0.15, -0.1) is 0 Å². The van der Waals surface area contributed by atoms with Crippen LogP contribution in [0.25, 0.3) is 0 Å². The third kappa shape index (κ3) is 3.16. The second-order valence-corrected chi connectivity index (χ2v) is 6.65. The Kier molecular flexibility index (Phi) is 3.61. The van der Waals surface area contributed by atoms with Gasteiger partial charge in [0.2, 0.25) is 0 Å². The van der Waals surface area contributed by atoms with Crippen molar-refractivity contribution in [1.29, 1.82) is 0 Å². The van der Waals surface area contributed by atoms with Crippen molar-refractivity contribution in [2.45, 2.75) is 43.9 Å². The molecule has 3 aliphatic rings. The van der Waals surface area contributed by atoms with Crippen molar-refractivity contribution in [2.24, 2.45) is 10.9 Å². The third-order valence-electron chi connectivity index (χ3n) is 3.97. The molecule has 1 aliphatic heterocycles. The second kappa shape index (κ2) is 5.19. The van der Waals surface area contributed by atoms with E-state index in [0.717, 1.165) is 30.3 Å². The molecule has 3 rings (SSSR count). The number of rotatable bonds is 6. The van der Waals surface area contributed by atoms with Crippen molar-refractivity contribution in [2.75, 3.05) is 26.2 Å². The molecular weight excluding hydrogens is 230 g/mol. The van der Waals surface area contributed by atoms with Crippen LogP contribution in [0.5, 0.6) is 0 Å². The maximum Gasteiger partial charge on any atom is 0.156 e. The molecule has 4 heteroatoms. The first kappa shape index (κ1) is 11.8. The van der Waals surface area contributed by atoms with Crippen LogP contribution in [-0.4, -0.2) is 47.5 Å². The lowest BCUT2D eigenvalue weighted by atomic mass is 10.3. The van der Waals surface area contributed by atoms with Crippen LogP contribution in [0.15, 0.2) is 4.99 Å². The van der Waals surface area contributed by atoms with Crippen LogP contribution < -0.4 is 5.32 Å². The molecule has 17 heavy (non-hydrogen) atoms. The number of hydrogen-bond acceptors (Lipinski definition) is 4. The van der Waals surface area contributed by atoms with Gasteiger partial charge < -0.3 is 5.32 Å². The molecule has 2 saturated carbocycles. The zero-order chi connectivity index (χ0) is 11.7. The first-order valence-corrected chi connectivity index (χ1v) is 7.94. The summed E-state index contributed by atoms with van der Waals surface area (Å²) in [5.41, 5.74) is 0. The minimum Gasteiger partial charge on any atom is -0.364 e.